The summed E-state index contributed by atoms with van der Waals surface area (Å²) in [6, 6.07) is 3.50. The molecule has 0 aromatic carbocycles. The number of aliphatic hydroxyl groups excluding tert-OH is 2. The van der Waals surface area contributed by atoms with Crippen LogP contribution < -0.4 is 16.0 Å². The molecule has 2 rings (SSSR count). The molecule has 0 amide bonds. The lowest BCUT2D eigenvalue weighted by molar-refractivity contribution is 0.184. The summed E-state index contributed by atoms with van der Waals surface area (Å²) in [4.78, 5) is 6.28. The summed E-state index contributed by atoms with van der Waals surface area (Å²) in [5.74, 6) is 1.33. The van der Waals surface area contributed by atoms with E-state index in [4.69, 9.17) is 5.73 Å². The number of hydrogen-bond donors (Lipinski definition) is 4. The fourth-order valence-corrected chi connectivity index (χ4v) is 2.17. The Hall–Kier alpha value is -1.53. The fourth-order valence-electron chi connectivity index (χ4n) is 2.17. The molecule has 0 radical (unpaired) electrons. The van der Waals surface area contributed by atoms with E-state index in [1.807, 2.05) is 4.90 Å². The average Bonchev–Trinajstić information content (AvgIpc) is 2.71. The molecule has 6 nitrogen and oxygen atoms in total. The van der Waals surface area contributed by atoms with Crippen molar-refractivity contribution >= 4 is 17.3 Å². The zero-order valence-electron chi connectivity index (χ0n) is 9.80. The fraction of sp³-hybridized carbons (Fsp3) is 0.545. The van der Waals surface area contributed by atoms with Crippen LogP contribution in [0.5, 0.6) is 0 Å². The first-order chi connectivity index (χ1) is 8.15. The summed E-state index contributed by atoms with van der Waals surface area (Å²) < 4.78 is 0. The quantitative estimate of drug-likeness (QED) is 0.574. The van der Waals surface area contributed by atoms with Crippen molar-refractivity contribution in [3.05, 3.63) is 12.1 Å². The van der Waals surface area contributed by atoms with Crippen molar-refractivity contribution in [3.8, 4) is 0 Å². The van der Waals surface area contributed by atoms with Crippen LogP contribution in [0, 0.1) is 0 Å². The molecule has 1 aromatic heterocycles. The first kappa shape index (κ1) is 11.9. The van der Waals surface area contributed by atoms with Gasteiger partial charge in [0, 0.05) is 13.6 Å². The van der Waals surface area contributed by atoms with Gasteiger partial charge in [0.1, 0.15) is 5.82 Å². The zero-order valence-corrected chi connectivity index (χ0v) is 9.80. The summed E-state index contributed by atoms with van der Waals surface area (Å²) in [6.45, 7) is 0.503. The number of rotatable bonds is 3. The summed E-state index contributed by atoms with van der Waals surface area (Å²) >= 11 is 0. The van der Waals surface area contributed by atoms with Gasteiger partial charge in [0.25, 0.3) is 0 Å². The second-order valence-electron chi connectivity index (χ2n) is 4.24. The third-order valence-corrected chi connectivity index (χ3v) is 3.05. The van der Waals surface area contributed by atoms with Gasteiger partial charge in [-0.1, -0.05) is 0 Å². The largest absolute Gasteiger partial charge is 0.396 e. The lowest BCUT2D eigenvalue weighted by Gasteiger charge is -2.24. The van der Waals surface area contributed by atoms with E-state index < -0.39 is 6.10 Å². The van der Waals surface area contributed by atoms with Crippen LogP contribution in [0.4, 0.5) is 17.3 Å². The first-order valence-electron chi connectivity index (χ1n) is 5.65. The summed E-state index contributed by atoms with van der Waals surface area (Å²) in [5.41, 5.74) is 6.33. The van der Waals surface area contributed by atoms with E-state index in [0.29, 0.717) is 24.5 Å². The minimum atomic E-state index is -0.412. The van der Waals surface area contributed by atoms with Crippen LogP contribution >= 0.6 is 0 Å². The van der Waals surface area contributed by atoms with E-state index in [1.165, 1.54) is 0 Å². The highest BCUT2D eigenvalue weighted by atomic mass is 16.3. The zero-order chi connectivity index (χ0) is 12.4. The number of aromatic nitrogens is 1. The topological polar surface area (TPSA) is 94.6 Å². The highest BCUT2D eigenvalue weighted by Crippen LogP contribution is 2.27. The summed E-state index contributed by atoms with van der Waals surface area (Å²) in [6.07, 6.45) is 0.154. The third kappa shape index (κ3) is 2.27. The van der Waals surface area contributed by atoms with Crippen LogP contribution in [0.2, 0.25) is 0 Å². The van der Waals surface area contributed by atoms with Crippen molar-refractivity contribution < 1.29 is 10.2 Å². The van der Waals surface area contributed by atoms with E-state index in [9.17, 15) is 10.2 Å². The predicted octanol–water partition coefficient (Wildman–Crippen LogP) is -0.363. The Morgan fingerprint density at radius 1 is 1.59 bits per heavy atom. The number of anilines is 3. The SMILES string of the molecule is CNc1nc(N2CC(O)CC2CO)ccc1N. The molecule has 1 fully saturated rings. The Morgan fingerprint density at radius 3 is 3.00 bits per heavy atom. The van der Waals surface area contributed by atoms with Crippen LogP contribution in [0.15, 0.2) is 12.1 Å². The minimum Gasteiger partial charge on any atom is -0.396 e. The average molecular weight is 238 g/mol. The van der Waals surface area contributed by atoms with Crippen LogP contribution in [0.25, 0.3) is 0 Å². The maximum Gasteiger partial charge on any atom is 0.151 e. The van der Waals surface area contributed by atoms with Crippen molar-refractivity contribution in [2.75, 3.05) is 36.1 Å². The number of nitrogen functional groups attached to an aromatic ring is 1. The first-order valence-corrected chi connectivity index (χ1v) is 5.65. The number of aliphatic hydroxyl groups is 2. The standard InChI is InChI=1S/C11H18N4O2/c1-13-11-9(12)2-3-10(14-11)15-5-8(17)4-7(15)6-16/h2-3,7-8,16-17H,4-6,12H2,1H3,(H,13,14). The van der Waals surface area contributed by atoms with Gasteiger partial charge in [0.2, 0.25) is 0 Å². The van der Waals surface area contributed by atoms with Gasteiger partial charge in [0.15, 0.2) is 5.82 Å². The van der Waals surface area contributed by atoms with Gasteiger partial charge in [0.05, 0.1) is 24.4 Å². The molecule has 0 saturated carbocycles. The molecular formula is C11H18N4O2. The van der Waals surface area contributed by atoms with Crippen molar-refractivity contribution in [2.24, 2.45) is 0 Å². The van der Waals surface area contributed by atoms with Crippen LogP contribution in [0.1, 0.15) is 6.42 Å². The van der Waals surface area contributed by atoms with Crippen molar-refractivity contribution in [2.45, 2.75) is 18.6 Å². The smallest absolute Gasteiger partial charge is 0.151 e. The van der Waals surface area contributed by atoms with Crippen molar-refractivity contribution in [1.82, 2.24) is 4.98 Å². The Kier molecular flexibility index (Phi) is 3.35. The van der Waals surface area contributed by atoms with E-state index in [-0.39, 0.29) is 12.6 Å². The molecule has 2 atom stereocenters. The molecule has 0 aliphatic carbocycles. The minimum absolute atomic E-state index is 0.0119. The number of nitrogens with two attached hydrogens (primary N) is 1. The van der Waals surface area contributed by atoms with Gasteiger partial charge < -0.3 is 26.2 Å². The van der Waals surface area contributed by atoms with Crippen molar-refractivity contribution in [1.29, 1.82) is 0 Å². The Morgan fingerprint density at radius 2 is 2.35 bits per heavy atom. The molecule has 1 aromatic rings. The van der Waals surface area contributed by atoms with Gasteiger partial charge in [-0.3, -0.25) is 0 Å². The Balaban J connectivity index is 2.27. The molecule has 0 bridgehead atoms. The van der Waals surface area contributed by atoms with E-state index in [0.717, 1.165) is 5.82 Å². The van der Waals surface area contributed by atoms with Gasteiger partial charge in [-0.2, -0.15) is 0 Å². The van der Waals surface area contributed by atoms with Crippen LogP contribution in [-0.4, -0.2) is 47.5 Å². The third-order valence-electron chi connectivity index (χ3n) is 3.05. The Labute approximate surface area is 100 Å². The lowest BCUT2D eigenvalue weighted by atomic mass is 10.2. The maximum atomic E-state index is 9.62. The highest BCUT2D eigenvalue weighted by Gasteiger charge is 2.31. The number of β-amino-alcohol motifs (C(OH)–C–C–N with tert-alkyl or cyclic N) is 1. The van der Waals surface area contributed by atoms with Crippen LogP contribution in [0.3, 0.4) is 0 Å². The van der Waals surface area contributed by atoms with Gasteiger partial charge in [-0.25, -0.2) is 4.98 Å². The molecule has 2 unspecified atom stereocenters. The Bertz CT molecular complexity index is 399. The van der Waals surface area contributed by atoms with E-state index in [1.54, 1.807) is 19.2 Å². The normalized spacial score (nSPS) is 24.1. The second-order valence-corrected chi connectivity index (χ2v) is 4.24. The molecule has 5 N–H and O–H groups in total. The van der Waals surface area contributed by atoms with Gasteiger partial charge >= 0.3 is 0 Å². The number of nitrogens with one attached hydrogen (secondary N) is 1. The molecule has 0 spiro atoms. The number of hydrogen-bond acceptors (Lipinski definition) is 6. The maximum absolute atomic E-state index is 9.62. The monoisotopic (exact) mass is 238 g/mol. The van der Waals surface area contributed by atoms with Crippen LogP contribution in [-0.2, 0) is 0 Å². The molecule has 94 valence electrons. The molecule has 1 aliphatic heterocycles. The molecular weight excluding hydrogens is 220 g/mol. The lowest BCUT2D eigenvalue weighted by Crippen LogP contribution is -2.33. The van der Waals surface area contributed by atoms with Gasteiger partial charge in [-0.15, -0.1) is 0 Å². The molecule has 2 heterocycles. The van der Waals surface area contributed by atoms with E-state index in [2.05, 4.69) is 10.3 Å². The number of nitrogens with zero attached hydrogens (tertiary/aromatic N) is 2. The van der Waals surface area contributed by atoms with Gasteiger partial charge in [-0.05, 0) is 18.6 Å². The second kappa shape index (κ2) is 4.77. The molecule has 6 heteroatoms. The van der Waals surface area contributed by atoms with E-state index >= 15 is 0 Å². The summed E-state index contributed by atoms with van der Waals surface area (Å²) in [5, 5.41) is 21.8. The number of pyridine rings is 1. The molecule has 1 saturated heterocycles. The highest BCUT2D eigenvalue weighted by molar-refractivity contribution is 5.64. The molecule has 17 heavy (non-hydrogen) atoms. The predicted molar refractivity (Wildman–Crippen MR) is 67.0 cm³/mol. The molecule has 1 aliphatic rings. The van der Waals surface area contributed by atoms with Crippen molar-refractivity contribution in [3.63, 3.8) is 0 Å². The summed E-state index contributed by atoms with van der Waals surface area (Å²) in [7, 11) is 1.75.